The van der Waals surface area contributed by atoms with Gasteiger partial charge >= 0.3 is 5.97 Å². The highest BCUT2D eigenvalue weighted by Crippen LogP contribution is 2.13. The first-order valence-corrected chi connectivity index (χ1v) is 8.00. The van der Waals surface area contributed by atoms with Crippen molar-refractivity contribution in [1.82, 2.24) is 14.2 Å². The van der Waals surface area contributed by atoms with Gasteiger partial charge in [-0.3, -0.25) is 0 Å². The van der Waals surface area contributed by atoms with Crippen molar-refractivity contribution in [2.24, 2.45) is 7.05 Å². The van der Waals surface area contributed by atoms with Gasteiger partial charge in [-0.25, -0.2) is 17.9 Å². The molecule has 20 heavy (non-hydrogen) atoms. The number of likely N-dealkylation sites (tertiary alicyclic amines) is 1. The number of hydrogen-bond donors (Lipinski definition) is 2. The zero-order valence-corrected chi connectivity index (χ0v) is 12.2. The number of nitrogens with one attached hydrogen (secondary N) is 1. The molecule has 2 rings (SSSR count). The number of rotatable bonds is 6. The predicted molar refractivity (Wildman–Crippen MR) is 73.2 cm³/mol. The Kier molecular flexibility index (Phi) is 4.46. The second-order valence-electron chi connectivity index (χ2n) is 4.92. The van der Waals surface area contributed by atoms with Gasteiger partial charge in [-0.2, -0.15) is 0 Å². The van der Waals surface area contributed by atoms with Crippen molar-refractivity contribution in [1.29, 1.82) is 0 Å². The van der Waals surface area contributed by atoms with Gasteiger partial charge in [-0.1, -0.05) is 0 Å². The predicted octanol–water partition coefficient (Wildman–Crippen LogP) is 0.0974. The first-order chi connectivity index (χ1) is 9.40. The van der Waals surface area contributed by atoms with Gasteiger partial charge in [0, 0.05) is 26.3 Å². The monoisotopic (exact) mass is 301 g/mol. The summed E-state index contributed by atoms with van der Waals surface area (Å²) in [4.78, 5) is 13.1. The van der Waals surface area contributed by atoms with E-state index in [2.05, 4.69) is 9.62 Å². The largest absolute Gasteiger partial charge is 0.477 e. The Morgan fingerprint density at radius 1 is 1.40 bits per heavy atom. The molecule has 0 spiro atoms. The van der Waals surface area contributed by atoms with Gasteiger partial charge in [0.25, 0.3) is 0 Å². The number of aromatic nitrogens is 1. The minimum Gasteiger partial charge on any atom is -0.477 e. The zero-order chi connectivity index (χ0) is 14.8. The number of carboxylic acids is 1. The first kappa shape index (κ1) is 15.0. The van der Waals surface area contributed by atoms with Crippen molar-refractivity contribution in [2.75, 3.05) is 26.2 Å². The third-order valence-electron chi connectivity index (χ3n) is 3.43. The maximum atomic E-state index is 12.1. The quantitative estimate of drug-likeness (QED) is 0.777. The topological polar surface area (TPSA) is 91.6 Å². The average Bonchev–Trinajstić information content (AvgIpc) is 2.98. The average molecular weight is 301 g/mol. The molecule has 2 heterocycles. The second kappa shape index (κ2) is 5.94. The van der Waals surface area contributed by atoms with Crippen molar-refractivity contribution < 1.29 is 18.3 Å². The highest BCUT2D eigenvalue weighted by Gasteiger charge is 2.20. The molecule has 1 aliphatic heterocycles. The van der Waals surface area contributed by atoms with E-state index in [1.807, 2.05) is 0 Å². The molecule has 1 aromatic rings. The molecule has 0 aliphatic carbocycles. The van der Waals surface area contributed by atoms with E-state index in [9.17, 15) is 13.2 Å². The molecule has 1 aliphatic rings. The molecule has 0 unspecified atom stereocenters. The van der Waals surface area contributed by atoms with E-state index in [0.717, 1.165) is 25.9 Å². The lowest BCUT2D eigenvalue weighted by Crippen LogP contribution is -2.33. The fraction of sp³-hybridized carbons (Fsp3) is 0.583. The molecule has 0 saturated carbocycles. The molecule has 0 radical (unpaired) electrons. The van der Waals surface area contributed by atoms with Crippen molar-refractivity contribution in [2.45, 2.75) is 17.7 Å². The van der Waals surface area contributed by atoms with Gasteiger partial charge in [-0.05, 0) is 32.0 Å². The van der Waals surface area contributed by atoms with E-state index in [4.69, 9.17) is 5.11 Å². The Hall–Kier alpha value is -1.38. The van der Waals surface area contributed by atoms with Crippen LogP contribution in [0.15, 0.2) is 17.2 Å². The lowest BCUT2D eigenvalue weighted by Gasteiger charge is -2.14. The molecule has 112 valence electrons. The summed E-state index contributed by atoms with van der Waals surface area (Å²) in [5.41, 5.74) is -0.0510. The van der Waals surface area contributed by atoms with Crippen molar-refractivity contribution in [3.05, 3.63) is 18.0 Å². The molecule has 0 atom stereocenters. The Labute approximate surface area is 118 Å². The molecule has 2 N–H and O–H groups in total. The van der Waals surface area contributed by atoms with Crippen LogP contribution in [0.25, 0.3) is 0 Å². The summed E-state index contributed by atoms with van der Waals surface area (Å²) in [7, 11) is -2.14. The molecule has 8 heteroatoms. The molecule has 0 aromatic carbocycles. The van der Waals surface area contributed by atoms with E-state index in [0.29, 0.717) is 13.1 Å². The molecular formula is C12H19N3O4S. The number of aromatic carboxylic acids is 1. The van der Waals surface area contributed by atoms with Gasteiger partial charge in [0.15, 0.2) is 0 Å². The van der Waals surface area contributed by atoms with Crippen LogP contribution < -0.4 is 4.72 Å². The third-order valence-corrected chi connectivity index (χ3v) is 4.86. The molecular weight excluding hydrogens is 282 g/mol. The maximum absolute atomic E-state index is 12.1. The summed E-state index contributed by atoms with van der Waals surface area (Å²) in [6.45, 7) is 3.03. The summed E-state index contributed by atoms with van der Waals surface area (Å²) >= 11 is 0. The lowest BCUT2D eigenvalue weighted by molar-refractivity contribution is 0.0686. The fourth-order valence-electron chi connectivity index (χ4n) is 2.32. The SMILES string of the molecule is Cn1cc(S(=O)(=O)NCCN2CCCC2)cc1C(=O)O. The van der Waals surface area contributed by atoms with Crippen molar-refractivity contribution >= 4 is 16.0 Å². The Morgan fingerprint density at radius 3 is 2.60 bits per heavy atom. The summed E-state index contributed by atoms with van der Waals surface area (Å²) in [6, 6.07) is 1.17. The van der Waals surface area contributed by atoms with Crippen LogP contribution in [0, 0.1) is 0 Å². The normalized spacial score (nSPS) is 16.6. The van der Waals surface area contributed by atoms with Gasteiger partial charge in [0.05, 0.1) is 0 Å². The van der Waals surface area contributed by atoms with Crippen LogP contribution in [0.2, 0.25) is 0 Å². The smallest absolute Gasteiger partial charge is 0.352 e. The van der Waals surface area contributed by atoms with Crippen LogP contribution in [0.1, 0.15) is 23.3 Å². The van der Waals surface area contributed by atoms with Crippen LogP contribution in [0.3, 0.4) is 0 Å². The minimum absolute atomic E-state index is 0.0150. The molecule has 1 aromatic heterocycles. The summed E-state index contributed by atoms with van der Waals surface area (Å²) in [5.74, 6) is -1.15. The first-order valence-electron chi connectivity index (χ1n) is 6.52. The number of carboxylic acid groups (broad SMARTS) is 1. The van der Waals surface area contributed by atoms with Crippen LogP contribution >= 0.6 is 0 Å². The summed E-state index contributed by atoms with van der Waals surface area (Å²) in [6.07, 6.45) is 3.63. The van der Waals surface area contributed by atoms with Gasteiger partial charge in [-0.15, -0.1) is 0 Å². The minimum atomic E-state index is -3.65. The van der Waals surface area contributed by atoms with Gasteiger partial charge < -0.3 is 14.6 Å². The third kappa shape index (κ3) is 3.38. The summed E-state index contributed by atoms with van der Waals surface area (Å²) in [5, 5.41) is 8.92. The Morgan fingerprint density at radius 2 is 2.05 bits per heavy atom. The zero-order valence-electron chi connectivity index (χ0n) is 11.4. The van der Waals surface area contributed by atoms with E-state index in [1.165, 1.54) is 23.9 Å². The Bertz CT molecular complexity index is 588. The van der Waals surface area contributed by atoms with Crippen molar-refractivity contribution in [3.8, 4) is 0 Å². The fourth-order valence-corrected chi connectivity index (χ4v) is 3.41. The lowest BCUT2D eigenvalue weighted by atomic mass is 10.4. The van der Waals surface area contributed by atoms with Crippen LogP contribution in [-0.4, -0.2) is 55.1 Å². The molecule has 0 bridgehead atoms. The number of nitrogens with zero attached hydrogens (tertiary/aromatic N) is 2. The highest BCUT2D eigenvalue weighted by molar-refractivity contribution is 7.89. The standard InChI is InChI=1S/C12H19N3O4S/c1-14-9-10(8-11(14)12(16)17)20(18,19)13-4-7-15-5-2-3-6-15/h8-9,13H,2-7H2,1H3,(H,16,17). The number of aryl methyl sites for hydroxylation is 1. The van der Waals surface area contributed by atoms with E-state index in [1.54, 1.807) is 0 Å². The summed E-state index contributed by atoms with van der Waals surface area (Å²) < 4.78 is 27.9. The highest BCUT2D eigenvalue weighted by atomic mass is 32.2. The molecule has 1 fully saturated rings. The van der Waals surface area contributed by atoms with Crippen molar-refractivity contribution in [3.63, 3.8) is 0 Å². The number of hydrogen-bond acceptors (Lipinski definition) is 4. The van der Waals surface area contributed by atoms with Crippen LogP contribution in [-0.2, 0) is 17.1 Å². The number of carbonyl (C=O) groups is 1. The van der Waals surface area contributed by atoms with E-state index < -0.39 is 16.0 Å². The van der Waals surface area contributed by atoms with Crippen LogP contribution in [0.5, 0.6) is 0 Å². The molecule has 7 nitrogen and oxygen atoms in total. The molecule has 1 saturated heterocycles. The number of sulfonamides is 1. The van der Waals surface area contributed by atoms with E-state index in [-0.39, 0.29) is 10.6 Å². The second-order valence-corrected chi connectivity index (χ2v) is 6.69. The van der Waals surface area contributed by atoms with Crippen LogP contribution in [0.4, 0.5) is 0 Å². The molecule has 0 amide bonds. The van der Waals surface area contributed by atoms with Gasteiger partial charge in [0.2, 0.25) is 10.0 Å². The Balaban J connectivity index is 1.98. The van der Waals surface area contributed by atoms with E-state index >= 15 is 0 Å². The van der Waals surface area contributed by atoms with Gasteiger partial charge in [0.1, 0.15) is 10.6 Å². The maximum Gasteiger partial charge on any atom is 0.352 e.